The van der Waals surface area contributed by atoms with E-state index in [1.165, 1.54) is 0 Å². The minimum Gasteiger partial charge on any atom is -0.295 e. The number of hydrogen-bond donors (Lipinski definition) is 0. The van der Waals surface area contributed by atoms with Crippen LogP contribution in [0.2, 0.25) is 5.02 Å². The summed E-state index contributed by atoms with van der Waals surface area (Å²) >= 11 is 5.95. The van der Waals surface area contributed by atoms with Gasteiger partial charge in [0, 0.05) is 17.1 Å². The van der Waals surface area contributed by atoms with Crippen LogP contribution in [-0.4, -0.2) is 24.3 Å². The molecular weight excluding hydrogens is 284 g/mol. The molecule has 0 bridgehead atoms. The Morgan fingerprint density at radius 3 is 2.57 bits per heavy atom. The van der Waals surface area contributed by atoms with E-state index in [2.05, 4.69) is 0 Å². The first kappa shape index (κ1) is 15.2. The maximum Gasteiger partial charge on any atom is 0.176 e. The molecule has 2 aromatic rings. The zero-order valence-corrected chi connectivity index (χ0v) is 12.5. The molecule has 0 amide bonds. The van der Waals surface area contributed by atoms with Crippen molar-refractivity contribution >= 4 is 17.4 Å². The molecule has 0 heterocycles. The maximum absolute atomic E-state index is 12.2. The summed E-state index contributed by atoms with van der Waals surface area (Å²) in [6.45, 7) is 0.973. The Morgan fingerprint density at radius 2 is 1.95 bits per heavy atom. The number of carbonyl (C=O) groups excluding carboxylic acids is 1. The first-order valence-corrected chi connectivity index (χ1v) is 6.92. The van der Waals surface area contributed by atoms with Crippen LogP contribution in [0.1, 0.15) is 21.5 Å². The van der Waals surface area contributed by atoms with Gasteiger partial charge in [0.05, 0.1) is 18.2 Å². The third-order valence-electron chi connectivity index (χ3n) is 3.09. The standard InChI is InChI=1S/C17H15ClN2O/c1-20(11-14-3-2-4-16(18)9-14)12-17(21)15-7-5-13(10-19)6-8-15/h2-9H,11-12H2,1H3. The van der Waals surface area contributed by atoms with Crippen molar-refractivity contribution in [1.29, 1.82) is 5.26 Å². The number of ketones is 1. The third kappa shape index (κ3) is 4.42. The fourth-order valence-electron chi connectivity index (χ4n) is 2.07. The maximum atomic E-state index is 12.2. The smallest absolute Gasteiger partial charge is 0.176 e. The Labute approximate surface area is 129 Å². The molecule has 0 saturated heterocycles. The molecule has 4 heteroatoms. The molecule has 0 aliphatic heterocycles. The summed E-state index contributed by atoms with van der Waals surface area (Å²) in [7, 11) is 1.89. The highest BCUT2D eigenvalue weighted by atomic mass is 35.5. The van der Waals surface area contributed by atoms with Crippen molar-refractivity contribution in [2.24, 2.45) is 0 Å². The van der Waals surface area contributed by atoms with Crippen LogP contribution >= 0.6 is 11.6 Å². The molecule has 0 N–H and O–H groups in total. The Kier molecular flexibility index (Phi) is 5.10. The van der Waals surface area contributed by atoms with Gasteiger partial charge in [-0.05, 0) is 36.9 Å². The van der Waals surface area contributed by atoms with Crippen molar-refractivity contribution in [3.8, 4) is 6.07 Å². The van der Waals surface area contributed by atoms with Gasteiger partial charge in [0.1, 0.15) is 0 Å². The molecule has 3 nitrogen and oxygen atoms in total. The van der Waals surface area contributed by atoms with Gasteiger partial charge in [-0.25, -0.2) is 0 Å². The summed E-state index contributed by atoms with van der Waals surface area (Å²) in [4.78, 5) is 14.1. The number of nitrogens with zero attached hydrogens (tertiary/aromatic N) is 2. The summed E-state index contributed by atoms with van der Waals surface area (Å²) in [6, 6.07) is 16.3. The molecule has 0 aliphatic carbocycles. The highest BCUT2D eigenvalue weighted by molar-refractivity contribution is 6.30. The SMILES string of the molecule is CN(CC(=O)c1ccc(C#N)cc1)Cc1cccc(Cl)c1. The van der Waals surface area contributed by atoms with Gasteiger partial charge in [-0.15, -0.1) is 0 Å². The highest BCUT2D eigenvalue weighted by Crippen LogP contribution is 2.12. The second-order valence-corrected chi connectivity index (χ2v) is 5.35. The van der Waals surface area contributed by atoms with E-state index in [1.807, 2.05) is 42.3 Å². The van der Waals surface area contributed by atoms with Gasteiger partial charge in [0.2, 0.25) is 0 Å². The number of rotatable bonds is 5. The summed E-state index contributed by atoms with van der Waals surface area (Å²) in [5.41, 5.74) is 2.24. The van der Waals surface area contributed by atoms with E-state index in [-0.39, 0.29) is 5.78 Å². The predicted molar refractivity (Wildman–Crippen MR) is 83.3 cm³/mol. The van der Waals surface area contributed by atoms with E-state index in [1.54, 1.807) is 24.3 Å². The fourth-order valence-corrected chi connectivity index (χ4v) is 2.28. The molecule has 0 radical (unpaired) electrons. The minimum atomic E-state index is 0.0315. The largest absolute Gasteiger partial charge is 0.295 e. The number of benzene rings is 2. The van der Waals surface area contributed by atoms with Crippen LogP contribution in [-0.2, 0) is 6.54 Å². The van der Waals surface area contributed by atoms with Crippen molar-refractivity contribution in [3.05, 3.63) is 70.2 Å². The summed E-state index contributed by atoms with van der Waals surface area (Å²) in [6.07, 6.45) is 0. The van der Waals surface area contributed by atoms with Gasteiger partial charge in [0.25, 0.3) is 0 Å². The molecule has 2 rings (SSSR count). The van der Waals surface area contributed by atoms with E-state index in [0.717, 1.165) is 5.56 Å². The number of carbonyl (C=O) groups is 1. The van der Waals surface area contributed by atoms with E-state index in [4.69, 9.17) is 16.9 Å². The second-order valence-electron chi connectivity index (χ2n) is 4.91. The highest BCUT2D eigenvalue weighted by Gasteiger charge is 2.10. The van der Waals surface area contributed by atoms with Crippen LogP contribution in [0.25, 0.3) is 0 Å². The van der Waals surface area contributed by atoms with Crippen LogP contribution in [0.15, 0.2) is 48.5 Å². The van der Waals surface area contributed by atoms with Crippen LogP contribution in [0, 0.1) is 11.3 Å². The van der Waals surface area contributed by atoms with Crippen molar-refractivity contribution in [2.45, 2.75) is 6.54 Å². The molecular formula is C17H15ClN2O. The Bertz CT molecular complexity index is 674. The van der Waals surface area contributed by atoms with Crippen molar-refractivity contribution in [3.63, 3.8) is 0 Å². The van der Waals surface area contributed by atoms with Crippen LogP contribution in [0.4, 0.5) is 0 Å². The molecule has 0 aliphatic rings. The number of likely N-dealkylation sites (N-methyl/N-ethyl adjacent to an activating group) is 1. The van der Waals surface area contributed by atoms with Crippen LogP contribution in [0.5, 0.6) is 0 Å². The molecule has 0 fully saturated rings. The molecule has 106 valence electrons. The lowest BCUT2D eigenvalue weighted by Crippen LogP contribution is -2.25. The molecule has 0 aromatic heterocycles. The van der Waals surface area contributed by atoms with Crippen molar-refractivity contribution < 1.29 is 4.79 Å². The molecule has 0 atom stereocenters. The van der Waals surface area contributed by atoms with E-state index >= 15 is 0 Å². The topological polar surface area (TPSA) is 44.1 Å². The fraction of sp³-hybridized carbons (Fsp3) is 0.176. The Morgan fingerprint density at radius 1 is 1.24 bits per heavy atom. The summed E-state index contributed by atoms with van der Waals surface area (Å²) in [5.74, 6) is 0.0315. The average molecular weight is 299 g/mol. The minimum absolute atomic E-state index is 0.0315. The van der Waals surface area contributed by atoms with Crippen LogP contribution in [0.3, 0.4) is 0 Å². The predicted octanol–water partition coefficient (Wildman–Crippen LogP) is 3.53. The van der Waals surface area contributed by atoms with Gasteiger partial charge >= 0.3 is 0 Å². The van der Waals surface area contributed by atoms with Gasteiger partial charge in [0.15, 0.2) is 5.78 Å². The lowest BCUT2D eigenvalue weighted by molar-refractivity contribution is 0.0943. The quantitative estimate of drug-likeness (QED) is 0.793. The molecule has 21 heavy (non-hydrogen) atoms. The van der Waals surface area contributed by atoms with Crippen molar-refractivity contribution in [1.82, 2.24) is 4.90 Å². The zero-order chi connectivity index (χ0) is 15.2. The number of Topliss-reactive ketones (excluding diaryl/α,β-unsaturated/α-hetero) is 1. The number of halogens is 1. The van der Waals surface area contributed by atoms with Gasteiger partial charge < -0.3 is 0 Å². The lowest BCUT2D eigenvalue weighted by Gasteiger charge is -2.16. The lowest BCUT2D eigenvalue weighted by atomic mass is 10.1. The normalized spacial score (nSPS) is 10.4. The first-order chi connectivity index (χ1) is 10.1. The summed E-state index contributed by atoms with van der Waals surface area (Å²) in [5, 5.41) is 9.44. The van der Waals surface area contributed by atoms with Gasteiger partial charge in [-0.2, -0.15) is 5.26 Å². The molecule has 0 saturated carbocycles. The summed E-state index contributed by atoms with van der Waals surface area (Å²) < 4.78 is 0. The molecule has 0 unspecified atom stereocenters. The van der Waals surface area contributed by atoms with E-state index < -0.39 is 0 Å². The number of hydrogen-bond acceptors (Lipinski definition) is 3. The third-order valence-corrected chi connectivity index (χ3v) is 3.33. The van der Waals surface area contributed by atoms with Gasteiger partial charge in [-0.1, -0.05) is 35.9 Å². The van der Waals surface area contributed by atoms with E-state index in [9.17, 15) is 4.79 Å². The molecule has 0 spiro atoms. The van der Waals surface area contributed by atoms with Gasteiger partial charge in [-0.3, -0.25) is 9.69 Å². The van der Waals surface area contributed by atoms with Crippen molar-refractivity contribution in [2.75, 3.05) is 13.6 Å². The first-order valence-electron chi connectivity index (χ1n) is 6.55. The Hall–Kier alpha value is -2.15. The average Bonchev–Trinajstić information content (AvgIpc) is 2.47. The molecule has 2 aromatic carbocycles. The second kappa shape index (κ2) is 7.03. The Balaban J connectivity index is 1.97. The van der Waals surface area contributed by atoms with E-state index in [0.29, 0.717) is 29.2 Å². The van der Waals surface area contributed by atoms with Crippen LogP contribution < -0.4 is 0 Å². The zero-order valence-electron chi connectivity index (χ0n) is 11.7. The number of nitriles is 1. The monoisotopic (exact) mass is 298 g/mol.